The van der Waals surface area contributed by atoms with E-state index in [-0.39, 0.29) is 18.5 Å². The van der Waals surface area contributed by atoms with E-state index < -0.39 is 24.1 Å². The van der Waals surface area contributed by atoms with Gasteiger partial charge in [0, 0.05) is 17.3 Å². The first-order valence-electron chi connectivity index (χ1n) is 12.9. The number of rotatable bonds is 7. The maximum absolute atomic E-state index is 13.5. The van der Waals surface area contributed by atoms with Gasteiger partial charge < -0.3 is 25.6 Å². The highest BCUT2D eigenvalue weighted by atomic mass is 19.4. The standard InChI is InChI=1S/C26H28N6O5.C2HF3O2/c1-16(2)37-22-13-10-18-14-23(22)36-15-28-25(27)17-8-11-19(12-9-17)29-24(18)26(33)31-30-20-6-4-5-7-21(20)32(34)35-3;3-2(4,5)1(6)7/h4-14,16,24H,15H2,1-3H3,(H4-,27,28,29,30,31,33,34);(H,6,7)/p+1. The van der Waals surface area contributed by atoms with Crippen molar-refractivity contribution < 1.29 is 47.1 Å². The Hall–Kier alpha value is -5.54. The lowest BCUT2D eigenvalue weighted by Crippen LogP contribution is -2.37. The molecule has 2 heterocycles. The van der Waals surface area contributed by atoms with Crippen LogP contribution >= 0.6 is 0 Å². The van der Waals surface area contributed by atoms with Gasteiger partial charge in [-0.15, -0.1) is 0 Å². The second-order valence-corrected chi connectivity index (χ2v) is 9.22. The lowest BCUT2D eigenvalue weighted by atomic mass is 10.0. The third-order valence-electron chi connectivity index (χ3n) is 5.70. The van der Waals surface area contributed by atoms with Gasteiger partial charge in [0.25, 0.3) is 10.8 Å². The van der Waals surface area contributed by atoms with Crippen molar-refractivity contribution in [2.75, 3.05) is 24.6 Å². The molecule has 13 nitrogen and oxygen atoms in total. The molecule has 1 amide bonds. The summed E-state index contributed by atoms with van der Waals surface area (Å²) in [5.41, 5.74) is 14.2. The molecular formula is C28H30F3N6O7+. The SMILES string of the molecule is CO[N+](=O)c1ccccc1NNC(=O)C1Nc2ccc(cc2)/C(N)=N\COc2cc1ccc2OC(C)C.O=C(O)C(F)(F)F. The fourth-order valence-electron chi connectivity index (χ4n) is 3.67. The fraction of sp³-hybridized carbons (Fsp3) is 0.250. The Kier molecular flexibility index (Phi) is 10.9. The molecule has 4 bridgehead atoms. The molecule has 6 N–H and O–H groups in total. The second kappa shape index (κ2) is 14.6. The number of anilines is 2. The number of nitrogens with two attached hydrogens (primary N) is 1. The summed E-state index contributed by atoms with van der Waals surface area (Å²) in [5, 5.41) is 10.4. The van der Waals surface area contributed by atoms with E-state index in [1.807, 2.05) is 26.0 Å². The molecule has 0 radical (unpaired) electrons. The van der Waals surface area contributed by atoms with Gasteiger partial charge >= 0.3 is 17.8 Å². The van der Waals surface area contributed by atoms with Crippen LogP contribution in [-0.2, 0) is 14.4 Å². The number of nitrogens with zero attached hydrogens (tertiary/aromatic N) is 2. The van der Waals surface area contributed by atoms with E-state index in [9.17, 15) is 22.9 Å². The summed E-state index contributed by atoms with van der Waals surface area (Å²) in [4.78, 5) is 43.8. The van der Waals surface area contributed by atoms with Gasteiger partial charge in [0.1, 0.15) is 17.6 Å². The molecule has 0 saturated heterocycles. The number of amidine groups is 1. The van der Waals surface area contributed by atoms with E-state index in [0.29, 0.717) is 39.2 Å². The Morgan fingerprint density at radius 1 is 1.14 bits per heavy atom. The van der Waals surface area contributed by atoms with Crippen LogP contribution in [0.3, 0.4) is 0 Å². The minimum absolute atomic E-state index is 0.0285. The van der Waals surface area contributed by atoms with Gasteiger partial charge in [-0.2, -0.15) is 13.2 Å². The fourth-order valence-corrected chi connectivity index (χ4v) is 3.67. The van der Waals surface area contributed by atoms with Gasteiger partial charge in [0.05, 0.1) is 11.0 Å². The summed E-state index contributed by atoms with van der Waals surface area (Å²) in [6.07, 6.45) is -5.17. The summed E-state index contributed by atoms with van der Waals surface area (Å²) in [5.74, 6) is -1.90. The summed E-state index contributed by atoms with van der Waals surface area (Å²) >= 11 is 0. The molecule has 0 aromatic heterocycles. The lowest BCUT2D eigenvalue weighted by Gasteiger charge is -2.22. The topological polar surface area (TPSA) is 177 Å². The van der Waals surface area contributed by atoms with Crippen molar-refractivity contribution in [1.82, 2.24) is 5.43 Å². The molecular weight excluding hydrogens is 589 g/mol. The summed E-state index contributed by atoms with van der Waals surface area (Å²) < 4.78 is 43.5. The number of hydrogen-bond acceptors (Lipinski definition) is 10. The van der Waals surface area contributed by atoms with Crippen molar-refractivity contribution in [3.8, 4) is 11.5 Å². The van der Waals surface area contributed by atoms with Crippen molar-refractivity contribution in [1.29, 1.82) is 0 Å². The van der Waals surface area contributed by atoms with Crippen LogP contribution in [0.4, 0.5) is 30.2 Å². The van der Waals surface area contributed by atoms with Gasteiger partial charge in [-0.3, -0.25) is 15.6 Å². The average molecular weight is 620 g/mol. The molecule has 44 heavy (non-hydrogen) atoms. The summed E-state index contributed by atoms with van der Waals surface area (Å²) in [7, 11) is 1.26. The highest BCUT2D eigenvalue weighted by molar-refractivity contribution is 5.97. The van der Waals surface area contributed by atoms with Gasteiger partial charge in [-0.1, -0.05) is 18.2 Å². The predicted molar refractivity (Wildman–Crippen MR) is 153 cm³/mol. The first-order valence-corrected chi connectivity index (χ1v) is 12.9. The van der Waals surface area contributed by atoms with Crippen molar-refractivity contribution in [2.24, 2.45) is 10.7 Å². The number of nitrogens with one attached hydrogen (secondary N) is 3. The maximum Gasteiger partial charge on any atom is 0.490 e. The van der Waals surface area contributed by atoms with Crippen molar-refractivity contribution in [3.05, 3.63) is 82.8 Å². The smallest absolute Gasteiger partial charge is 0.487 e. The van der Waals surface area contributed by atoms with Gasteiger partial charge in [0.15, 0.2) is 25.3 Å². The quantitative estimate of drug-likeness (QED) is 0.238. The molecule has 3 aromatic rings. The number of carbonyl (C=O) groups excluding carboxylic acids is 1. The van der Waals surface area contributed by atoms with Crippen molar-refractivity contribution in [2.45, 2.75) is 32.2 Å². The number of carboxylic acids is 1. The third kappa shape index (κ3) is 8.98. The van der Waals surface area contributed by atoms with Crippen LogP contribution in [0.25, 0.3) is 0 Å². The molecule has 0 aliphatic carbocycles. The zero-order valence-corrected chi connectivity index (χ0v) is 23.7. The molecule has 0 fully saturated rings. The van der Waals surface area contributed by atoms with E-state index in [1.54, 1.807) is 54.6 Å². The van der Waals surface area contributed by atoms with E-state index in [2.05, 4.69) is 21.2 Å². The van der Waals surface area contributed by atoms with Crippen LogP contribution in [-0.4, -0.2) is 53.9 Å². The molecule has 3 aromatic carbocycles. The van der Waals surface area contributed by atoms with Crippen LogP contribution in [0.1, 0.15) is 31.0 Å². The summed E-state index contributed by atoms with van der Waals surface area (Å²) in [6.45, 7) is 3.79. The number of benzene rings is 3. The number of carbonyl (C=O) groups is 2. The van der Waals surface area contributed by atoms with Crippen molar-refractivity contribution in [3.63, 3.8) is 0 Å². The number of aliphatic carboxylic acids is 1. The Morgan fingerprint density at radius 2 is 1.80 bits per heavy atom. The molecule has 16 heteroatoms. The molecule has 0 saturated carbocycles. The van der Waals surface area contributed by atoms with Crippen molar-refractivity contribution >= 4 is 34.8 Å². The highest BCUT2D eigenvalue weighted by Gasteiger charge is 2.38. The minimum Gasteiger partial charge on any atom is -0.487 e. The molecule has 1 atom stereocenters. The lowest BCUT2D eigenvalue weighted by molar-refractivity contribution is -0.736. The Balaban J connectivity index is 0.000000676. The number of aliphatic imine (C=N–C) groups is 1. The highest BCUT2D eigenvalue weighted by Crippen LogP contribution is 2.33. The molecule has 2 aliphatic rings. The van der Waals surface area contributed by atoms with E-state index in [1.165, 1.54) is 7.11 Å². The van der Waals surface area contributed by atoms with Gasteiger partial charge in [-0.05, 0) is 61.9 Å². The van der Waals surface area contributed by atoms with Crippen LogP contribution < -0.4 is 31.4 Å². The van der Waals surface area contributed by atoms with E-state index in [0.717, 1.165) is 5.56 Å². The molecule has 5 rings (SSSR count). The van der Waals surface area contributed by atoms with Gasteiger partial charge in [-0.25, -0.2) is 14.6 Å². The first-order chi connectivity index (χ1) is 20.8. The third-order valence-corrected chi connectivity index (χ3v) is 5.70. The van der Waals surface area contributed by atoms with E-state index in [4.69, 9.17) is 29.9 Å². The number of hydrogen-bond donors (Lipinski definition) is 5. The largest absolute Gasteiger partial charge is 0.490 e. The number of carboxylic acid groups (broad SMARTS) is 1. The van der Waals surface area contributed by atoms with E-state index >= 15 is 0 Å². The monoisotopic (exact) mass is 619 g/mol. The van der Waals surface area contributed by atoms with Crippen LogP contribution in [0, 0.1) is 4.91 Å². The van der Waals surface area contributed by atoms with Gasteiger partial charge in [0.2, 0.25) is 0 Å². The number of halogens is 3. The van der Waals surface area contributed by atoms with Crippen LogP contribution in [0.15, 0.2) is 71.7 Å². The minimum atomic E-state index is -5.08. The number of amides is 1. The van der Waals surface area contributed by atoms with Crippen LogP contribution in [0.2, 0.25) is 0 Å². The second-order valence-electron chi connectivity index (χ2n) is 9.22. The Morgan fingerprint density at radius 3 is 2.41 bits per heavy atom. The predicted octanol–water partition coefficient (Wildman–Crippen LogP) is 4.43. The zero-order valence-electron chi connectivity index (χ0n) is 23.7. The molecule has 234 valence electrons. The maximum atomic E-state index is 13.5. The number of fused-ring (bicyclic) bond motifs is 5. The normalized spacial score (nSPS) is 15.2. The number of alkyl halides is 3. The number of ether oxygens (including phenoxy) is 2. The average Bonchev–Trinajstić information content (AvgIpc) is 3.00. The Bertz CT molecular complexity index is 1510. The van der Waals surface area contributed by atoms with Crippen LogP contribution in [0.5, 0.6) is 11.5 Å². The zero-order chi connectivity index (χ0) is 32.4. The molecule has 2 aliphatic heterocycles. The Labute approximate surface area is 249 Å². The summed E-state index contributed by atoms with van der Waals surface area (Å²) in [6, 6.07) is 18.3. The number of hydrazine groups is 1. The first kappa shape index (κ1) is 33.0. The number of para-hydroxylation sites is 2. The molecule has 0 spiro atoms. The molecule has 1 unspecified atom stereocenters.